The molecule has 4 rings (SSSR count). The summed E-state index contributed by atoms with van der Waals surface area (Å²) in [7, 11) is 0. The van der Waals surface area contributed by atoms with E-state index < -0.39 is 0 Å². The molecule has 0 radical (unpaired) electrons. The van der Waals surface area contributed by atoms with Crippen molar-refractivity contribution in [3.05, 3.63) is 35.8 Å². The van der Waals surface area contributed by atoms with Crippen molar-refractivity contribution in [3.8, 4) is 0 Å². The van der Waals surface area contributed by atoms with Crippen molar-refractivity contribution < 1.29 is 9.90 Å². The zero-order valence-corrected chi connectivity index (χ0v) is 16.5. The van der Waals surface area contributed by atoms with Crippen LogP contribution in [0.25, 0.3) is 5.65 Å². The molecular formula is C21H31N5O2. The largest absolute Gasteiger partial charge is 0.395 e. The van der Waals surface area contributed by atoms with Gasteiger partial charge < -0.3 is 19.7 Å². The fourth-order valence-electron chi connectivity index (χ4n) is 4.45. The first kappa shape index (κ1) is 19.4. The predicted molar refractivity (Wildman–Crippen MR) is 108 cm³/mol. The smallest absolute Gasteiger partial charge is 0.274 e. The van der Waals surface area contributed by atoms with Crippen LogP contribution in [0.5, 0.6) is 0 Å². The topological polar surface area (TPSA) is 73.1 Å². The molecule has 2 N–H and O–H groups in total. The normalized spacial score (nSPS) is 20.9. The number of nitrogens with zero attached hydrogens (tertiary/aromatic N) is 4. The van der Waals surface area contributed by atoms with Crippen molar-refractivity contribution >= 4 is 11.6 Å². The first-order valence-corrected chi connectivity index (χ1v) is 10.6. The van der Waals surface area contributed by atoms with Crippen LogP contribution in [0, 0.1) is 0 Å². The van der Waals surface area contributed by atoms with Crippen molar-refractivity contribution in [2.75, 3.05) is 39.3 Å². The third-order valence-electron chi connectivity index (χ3n) is 6.05. The highest BCUT2D eigenvalue weighted by molar-refractivity contribution is 5.94. The lowest BCUT2D eigenvalue weighted by atomic mass is 10.0. The van der Waals surface area contributed by atoms with Gasteiger partial charge in [-0.2, -0.15) is 0 Å². The molecule has 0 aliphatic carbocycles. The molecule has 28 heavy (non-hydrogen) atoms. The molecule has 152 valence electrons. The summed E-state index contributed by atoms with van der Waals surface area (Å²) in [5, 5.41) is 13.1. The number of aliphatic hydroxyl groups is 1. The number of pyridine rings is 1. The van der Waals surface area contributed by atoms with Gasteiger partial charge in [-0.1, -0.05) is 12.5 Å². The Kier molecular flexibility index (Phi) is 6.24. The van der Waals surface area contributed by atoms with E-state index in [1.807, 2.05) is 33.7 Å². The van der Waals surface area contributed by atoms with Gasteiger partial charge in [0, 0.05) is 45.0 Å². The number of hydrogen-bond donors (Lipinski definition) is 2. The summed E-state index contributed by atoms with van der Waals surface area (Å²) in [4.78, 5) is 21.9. The number of nitrogens with one attached hydrogen (secondary N) is 1. The summed E-state index contributed by atoms with van der Waals surface area (Å²) >= 11 is 0. The second-order valence-electron chi connectivity index (χ2n) is 7.88. The SMILES string of the molecule is O=C(c1nc2ccccn2c1CNCCN1CCCC[C@H]1CO)N1CCCC1. The molecule has 2 aromatic heterocycles. The molecule has 2 fully saturated rings. The Morgan fingerprint density at radius 2 is 2.00 bits per heavy atom. The van der Waals surface area contributed by atoms with Gasteiger partial charge in [-0.05, 0) is 44.4 Å². The Morgan fingerprint density at radius 3 is 2.82 bits per heavy atom. The minimum Gasteiger partial charge on any atom is -0.395 e. The second kappa shape index (κ2) is 9.03. The third-order valence-corrected chi connectivity index (χ3v) is 6.05. The number of imidazole rings is 1. The van der Waals surface area contributed by atoms with E-state index in [1.165, 1.54) is 12.8 Å². The van der Waals surface area contributed by atoms with Crippen molar-refractivity contribution in [2.24, 2.45) is 0 Å². The summed E-state index contributed by atoms with van der Waals surface area (Å²) in [6, 6.07) is 6.17. The van der Waals surface area contributed by atoms with E-state index in [2.05, 4.69) is 15.2 Å². The Morgan fingerprint density at radius 1 is 1.18 bits per heavy atom. The van der Waals surface area contributed by atoms with Crippen molar-refractivity contribution in [1.29, 1.82) is 0 Å². The van der Waals surface area contributed by atoms with Gasteiger partial charge in [0.1, 0.15) is 5.65 Å². The maximum atomic E-state index is 13.0. The van der Waals surface area contributed by atoms with Gasteiger partial charge in [0.25, 0.3) is 5.91 Å². The summed E-state index contributed by atoms with van der Waals surface area (Å²) < 4.78 is 2.02. The maximum Gasteiger partial charge on any atom is 0.274 e. The highest BCUT2D eigenvalue weighted by atomic mass is 16.3. The molecule has 2 aliphatic rings. The quantitative estimate of drug-likeness (QED) is 0.707. The van der Waals surface area contributed by atoms with Gasteiger partial charge in [0.15, 0.2) is 5.69 Å². The lowest BCUT2D eigenvalue weighted by Gasteiger charge is -2.34. The maximum absolute atomic E-state index is 13.0. The van der Waals surface area contributed by atoms with Crippen LogP contribution < -0.4 is 5.32 Å². The molecule has 7 heteroatoms. The number of carbonyl (C=O) groups is 1. The molecule has 0 spiro atoms. The third kappa shape index (κ3) is 4.06. The number of fused-ring (bicyclic) bond motifs is 1. The van der Waals surface area contributed by atoms with Crippen LogP contribution in [0.1, 0.15) is 48.3 Å². The number of aliphatic hydroxyl groups excluding tert-OH is 1. The average Bonchev–Trinajstić information content (AvgIpc) is 3.39. The van der Waals surface area contributed by atoms with Crippen LogP contribution in [-0.4, -0.2) is 75.6 Å². The molecule has 1 amide bonds. The molecule has 2 aromatic rings. The zero-order valence-electron chi connectivity index (χ0n) is 16.5. The first-order chi connectivity index (χ1) is 13.8. The van der Waals surface area contributed by atoms with Gasteiger partial charge in [0.05, 0.1) is 12.3 Å². The van der Waals surface area contributed by atoms with E-state index in [-0.39, 0.29) is 12.5 Å². The van der Waals surface area contributed by atoms with E-state index in [9.17, 15) is 9.90 Å². The highest BCUT2D eigenvalue weighted by Crippen LogP contribution is 2.18. The van der Waals surface area contributed by atoms with Crippen molar-refractivity contribution in [2.45, 2.75) is 44.7 Å². The van der Waals surface area contributed by atoms with Crippen molar-refractivity contribution in [3.63, 3.8) is 0 Å². The van der Waals surface area contributed by atoms with Gasteiger partial charge >= 0.3 is 0 Å². The summed E-state index contributed by atoms with van der Waals surface area (Å²) in [6.45, 7) is 5.31. The van der Waals surface area contributed by atoms with Crippen LogP contribution in [-0.2, 0) is 6.54 Å². The van der Waals surface area contributed by atoms with Crippen LogP contribution in [0.3, 0.4) is 0 Å². The van der Waals surface area contributed by atoms with E-state index >= 15 is 0 Å². The molecule has 1 atom stereocenters. The standard InChI is InChI=1S/C21H31N5O2/c27-16-17-7-1-3-10-24(17)14-9-22-15-18-20(21(28)25-11-5-6-12-25)23-19-8-2-4-13-26(18)19/h2,4,8,13,17,22,27H,1,3,5-7,9-12,14-16H2/t17-/m0/s1. The van der Waals surface area contributed by atoms with Gasteiger partial charge in [-0.15, -0.1) is 0 Å². The Hall–Kier alpha value is -1.96. The summed E-state index contributed by atoms with van der Waals surface area (Å²) in [5.74, 6) is 0.0503. The van der Waals surface area contributed by atoms with Gasteiger partial charge in [-0.25, -0.2) is 4.98 Å². The van der Waals surface area contributed by atoms with Crippen LogP contribution in [0.4, 0.5) is 0 Å². The van der Waals surface area contributed by atoms with Gasteiger partial charge in [-0.3, -0.25) is 9.69 Å². The predicted octanol–water partition coefficient (Wildman–Crippen LogP) is 1.51. The number of amides is 1. The molecule has 2 saturated heterocycles. The molecule has 0 saturated carbocycles. The number of likely N-dealkylation sites (tertiary alicyclic amines) is 2. The Bertz CT molecular complexity index is 799. The monoisotopic (exact) mass is 385 g/mol. The number of piperidine rings is 1. The minimum atomic E-state index is 0.0503. The fraction of sp³-hybridized carbons (Fsp3) is 0.619. The minimum absolute atomic E-state index is 0.0503. The fourth-order valence-corrected chi connectivity index (χ4v) is 4.45. The summed E-state index contributed by atoms with van der Waals surface area (Å²) in [5.41, 5.74) is 2.33. The molecule has 4 heterocycles. The van der Waals surface area contributed by atoms with Crippen LogP contribution >= 0.6 is 0 Å². The lowest BCUT2D eigenvalue weighted by molar-refractivity contribution is 0.0786. The van der Waals surface area contributed by atoms with Crippen LogP contribution in [0.2, 0.25) is 0 Å². The molecular weight excluding hydrogens is 354 g/mol. The number of carbonyl (C=O) groups excluding carboxylic acids is 1. The van der Waals surface area contributed by atoms with E-state index in [0.29, 0.717) is 18.3 Å². The second-order valence-corrected chi connectivity index (χ2v) is 7.88. The Labute approximate surface area is 166 Å². The summed E-state index contributed by atoms with van der Waals surface area (Å²) in [6.07, 6.45) is 7.63. The molecule has 0 bridgehead atoms. The first-order valence-electron chi connectivity index (χ1n) is 10.6. The van der Waals surface area contributed by atoms with Crippen molar-refractivity contribution in [1.82, 2.24) is 24.5 Å². The molecule has 2 aliphatic heterocycles. The highest BCUT2D eigenvalue weighted by Gasteiger charge is 2.26. The van der Waals surface area contributed by atoms with E-state index in [0.717, 1.165) is 63.3 Å². The molecule has 0 unspecified atom stereocenters. The Balaban J connectivity index is 1.43. The molecule has 0 aromatic carbocycles. The lowest BCUT2D eigenvalue weighted by Crippen LogP contribution is -2.44. The van der Waals surface area contributed by atoms with E-state index in [1.54, 1.807) is 0 Å². The van der Waals surface area contributed by atoms with Crippen LogP contribution in [0.15, 0.2) is 24.4 Å². The number of rotatable bonds is 7. The van der Waals surface area contributed by atoms with E-state index in [4.69, 9.17) is 0 Å². The zero-order chi connectivity index (χ0) is 19.3. The molecule has 7 nitrogen and oxygen atoms in total. The number of hydrogen-bond acceptors (Lipinski definition) is 5. The van der Waals surface area contributed by atoms with Gasteiger partial charge in [0.2, 0.25) is 0 Å². The average molecular weight is 386 g/mol. The number of aromatic nitrogens is 2.